The monoisotopic (exact) mass is 507 g/mol. The molecule has 0 amide bonds. The smallest absolute Gasteiger partial charge is 0.191 e. The third kappa shape index (κ3) is 8.94. The molecule has 0 unspecified atom stereocenters. The van der Waals surface area contributed by atoms with Crippen LogP contribution in [0, 0.1) is 11.2 Å². The Bertz CT molecular complexity index is 565. The first-order chi connectivity index (χ1) is 13.2. The first-order valence-corrected chi connectivity index (χ1v) is 10.1. The van der Waals surface area contributed by atoms with Gasteiger partial charge in [0.2, 0.25) is 0 Å². The van der Waals surface area contributed by atoms with Gasteiger partial charge >= 0.3 is 0 Å². The summed E-state index contributed by atoms with van der Waals surface area (Å²) >= 11 is 0. The quantitative estimate of drug-likeness (QED) is 0.191. The van der Waals surface area contributed by atoms with Gasteiger partial charge in [-0.25, -0.2) is 4.39 Å². The first-order valence-electron chi connectivity index (χ1n) is 10.1. The number of hydrogen-bond acceptors (Lipinski definition) is 3. The fourth-order valence-electron chi connectivity index (χ4n) is 3.23. The van der Waals surface area contributed by atoms with Gasteiger partial charge in [0.25, 0.3) is 0 Å². The van der Waals surface area contributed by atoms with Gasteiger partial charge in [-0.15, -0.1) is 24.0 Å². The second kappa shape index (κ2) is 14.0. The van der Waals surface area contributed by atoms with Crippen LogP contribution in [-0.2, 0) is 4.74 Å². The van der Waals surface area contributed by atoms with Gasteiger partial charge < -0.3 is 20.1 Å². The third-order valence-electron chi connectivity index (χ3n) is 5.11. The Labute approximate surface area is 185 Å². The average Bonchev–Trinajstić information content (AvgIpc) is 2.64. The van der Waals surface area contributed by atoms with Gasteiger partial charge in [-0.1, -0.05) is 6.42 Å². The minimum Gasteiger partial charge on any atom is -0.494 e. The molecule has 0 spiro atoms. The van der Waals surface area contributed by atoms with Crippen LogP contribution in [0.25, 0.3) is 0 Å². The summed E-state index contributed by atoms with van der Waals surface area (Å²) in [4.78, 5) is 4.81. The van der Waals surface area contributed by atoms with Crippen molar-refractivity contribution in [2.75, 3.05) is 40.0 Å². The molecule has 0 radical (unpaired) electrons. The minimum absolute atomic E-state index is 0. The van der Waals surface area contributed by atoms with Crippen LogP contribution in [0.3, 0.4) is 0 Å². The molecule has 1 saturated carbocycles. The number of guanidine groups is 1. The molecule has 2 rings (SSSR count). The van der Waals surface area contributed by atoms with E-state index in [-0.39, 0.29) is 29.8 Å². The number of nitrogens with zero attached hydrogens (tertiary/aromatic N) is 1. The fraction of sp³-hybridized carbons (Fsp3) is 0.667. The van der Waals surface area contributed by atoms with Gasteiger partial charge in [0.1, 0.15) is 11.6 Å². The molecular weight excluding hydrogens is 472 g/mol. The Balaban J connectivity index is 0.00000392. The largest absolute Gasteiger partial charge is 0.494 e. The van der Waals surface area contributed by atoms with Gasteiger partial charge in [0.05, 0.1) is 6.61 Å². The van der Waals surface area contributed by atoms with Crippen molar-refractivity contribution in [3.05, 3.63) is 30.1 Å². The number of benzene rings is 1. The van der Waals surface area contributed by atoms with Crippen molar-refractivity contribution in [2.24, 2.45) is 10.4 Å². The summed E-state index contributed by atoms with van der Waals surface area (Å²) in [7, 11) is 1.76. The number of aliphatic imine (C=N–C) groups is 1. The molecule has 1 aliphatic carbocycles. The Morgan fingerprint density at radius 2 is 1.89 bits per heavy atom. The van der Waals surface area contributed by atoms with Crippen LogP contribution >= 0.6 is 24.0 Å². The zero-order valence-corrected chi connectivity index (χ0v) is 19.5. The van der Waals surface area contributed by atoms with Crippen molar-refractivity contribution >= 4 is 29.9 Å². The molecule has 7 heteroatoms. The molecule has 160 valence electrons. The van der Waals surface area contributed by atoms with E-state index in [2.05, 4.69) is 17.6 Å². The van der Waals surface area contributed by atoms with Crippen molar-refractivity contribution in [1.82, 2.24) is 10.6 Å². The lowest BCUT2D eigenvalue weighted by atomic mass is 9.67. The second-order valence-corrected chi connectivity index (χ2v) is 7.23. The maximum Gasteiger partial charge on any atom is 0.191 e. The number of ether oxygens (including phenoxy) is 2. The molecule has 0 aromatic heterocycles. The van der Waals surface area contributed by atoms with E-state index in [9.17, 15) is 4.39 Å². The average molecular weight is 507 g/mol. The molecule has 0 aliphatic heterocycles. The zero-order chi connectivity index (χ0) is 19.4. The first kappa shape index (κ1) is 24.9. The normalized spacial score (nSPS) is 15.3. The zero-order valence-electron chi connectivity index (χ0n) is 17.1. The highest BCUT2D eigenvalue weighted by Crippen LogP contribution is 2.44. The lowest BCUT2D eigenvalue weighted by molar-refractivity contribution is 0.0778. The van der Waals surface area contributed by atoms with Crippen LogP contribution in [0.4, 0.5) is 4.39 Å². The van der Waals surface area contributed by atoms with E-state index in [1.165, 1.54) is 31.4 Å². The lowest BCUT2D eigenvalue weighted by Gasteiger charge is -2.40. The predicted octanol–water partition coefficient (Wildman–Crippen LogP) is 4.36. The van der Waals surface area contributed by atoms with E-state index in [0.29, 0.717) is 17.8 Å². The molecule has 5 nitrogen and oxygen atoms in total. The van der Waals surface area contributed by atoms with Gasteiger partial charge in [-0.05, 0) is 68.7 Å². The summed E-state index contributed by atoms with van der Waals surface area (Å²) in [6, 6.07) is 6.14. The van der Waals surface area contributed by atoms with E-state index in [4.69, 9.17) is 14.5 Å². The molecule has 1 aromatic rings. The Morgan fingerprint density at radius 3 is 2.50 bits per heavy atom. The second-order valence-electron chi connectivity index (χ2n) is 7.23. The van der Waals surface area contributed by atoms with Crippen LogP contribution < -0.4 is 15.4 Å². The summed E-state index contributed by atoms with van der Waals surface area (Å²) in [6.07, 6.45) is 6.81. The third-order valence-corrected chi connectivity index (χ3v) is 5.11. The van der Waals surface area contributed by atoms with Gasteiger partial charge in [0.15, 0.2) is 5.96 Å². The van der Waals surface area contributed by atoms with Crippen LogP contribution in [-0.4, -0.2) is 45.9 Å². The molecule has 0 saturated heterocycles. The van der Waals surface area contributed by atoms with Gasteiger partial charge in [-0.3, -0.25) is 4.99 Å². The molecule has 0 heterocycles. The molecular formula is C21H35FIN3O2. The Morgan fingerprint density at radius 1 is 1.14 bits per heavy atom. The number of rotatable bonds is 12. The van der Waals surface area contributed by atoms with Crippen LogP contribution in [0.5, 0.6) is 5.75 Å². The standard InChI is InChI=1S/C21H34FN3O2.HI/c1-3-23-20(25-17-21(11-6-12-21)13-16-26-2)24-14-4-5-15-27-19-9-7-18(22)8-10-19;/h7-10H,3-6,11-17H2,1-2H3,(H2,23,24,25);1H. The lowest BCUT2D eigenvalue weighted by Crippen LogP contribution is -2.40. The molecule has 1 fully saturated rings. The Kier molecular flexibility index (Phi) is 12.5. The molecule has 2 N–H and O–H groups in total. The molecule has 1 aliphatic rings. The number of methoxy groups -OCH3 is 1. The predicted molar refractivity (Wildman–Crippen MR) is 123 cm³/mol. The van der Waals surface area contributed by atoms with Crippen molar-refractivity contribution in [3.63, 3.8) is 0 Å². The van der Waals surface area contributed by atoms with Crippen LogP contribution in [0.1, 0.15) is 45.4 Å². The highest BCUT2D eigenvalue weighted by Gasteiger charge is 2.36. The van der Waals surface area contributed by atoms with Crippen molar-refractivity contribution in [3.8, 4) is 5.75 Å². The SMILES string of the molecule is CCNC(=NCC1(CCOC)CCC1)NCCCCOc1ccc(F)cc1.I. The van der Waals surface area contributed by atoms with E-state index in [0.717, 1.165) is 51.5 Å². The van der Waals surface area contributed by atoms with E-state index in [1.54, 1.807) is 19.2 Å². The molecule has 1 aromatic carbocycles. The summed E-state index contributed by atoms with van der Waals surface area (Å²) < 4.78 is 23.7. The highest BCUT2D eigenvalue weighted by atomic mass is 127. The van der Waals surface area contributed by atoms with E-state index in [1.807, 2.05) is 0 Å². The van der Waals surface area contributed by atoms with Crippen LogP contribution in [0.2, 0.25) is 0 Å². The molecule has 28 heavy (non-hydrogen) atoms. The van der Waals surface area contributed by atoms with Crippen LogP contribution in [0.15, 0.2) is 29.3 Å². The minimum atomic E-state index is -0.243. The number of unbranched alkanes of at least 4 members (excludes halogenated alkanes) is 1. The van der Waals surface area contributed by atoms with Crippen molar-refractivity contribution < 1.29 is 13.9 Å². The topological polar surface area (TPSA) is 54.9 Å². The number of hydrogen-bond donors (Lipinski definition) is 2. The Hall–Kier alpha value is -1.09. The van der Waals surface area contributed by atoms with E-state index >= 15 is 0 Å². The maximum absolute atomic E-state index is 12.9. The molecule has 0 bridgehead atoms. The maximum atomic E-state index is 12.9. The number of nitrogens with one attached hydrogen (secondary N) is 2. The molecule has 0 atom stereocenters. The summed E-state index contributed by atoms with van der Waals surface area (Å²) in [6.45, 7) is 6.08. The summed E-state index contributed by atoms with van der Waals surface area (Å²) in [5, 5.41) is 6.73. The summed E-state index contributed by atoms with van der Waals surface area (Å²) in [5.74, 6) is 1.36. The van der Waals surface area contributed by atoms with Gasteiger partial charge in [0, 0.05) is 33.4 Å². The summed E-state index contributed by atoms with van der Waals surface area (Å²) in [5.41, 5.74) is 0.335. The van der Waals surface area contributed by atoms with Gasteiger partial charge in [-0.2, -0.15) is 0 Å². The van der Waals surface area contributed by atoms with Crippen molar-refractivity contribution in [1.29, 1.82) is 0 Å². The fourth-order valence-corrected chi connectivity index (χ4v) is 3.23. The highest BCUT2D eigenvalue weighted by molar-refractivity contribution is 14.0. The number of halogens is 2. The van der Waals surface area contributed by atoms with Crippen molar-refractivity contribution in [2.45, 2.75) is 45.4 Å². The van der Waals surface area contributed by atoms with E-state index < -0.39 is 0 Å².